The van der Waals surface area contributed by atoms with Crippen LogP contribution in [-0.2, 0) is 4.79 Å². The van der Waals surface area contributed by atoms with Gasteiger partial charge in [-0.2, -0.15) is 0 Å². The normalized spacial score (nSPS) is 19.8. The summed E-state index contributed by atoms with van der Waals surface area (Å²) in [5.74, 6) is -0.603. The van der Waals surface area contributed by atoms with E-state index in [0.717, 1.165) is 38.8 Å². The van der Waals surface area contributed by atoms with Crippen molar-refractivity contribution in [1.82, 2.24) is 9.80 Å². The zero-order chi connectivity index (χ0) is 12.9. The maximum atomic E-state index is 11.5. The molecule has 1 fully saturated rings. The highest BCUT2D eigenvalue weighted by Crippen LogP contribution is 2.37. The Morgan fingerprint density at radius 1 is 1.12 bits per heavy atom. The largest absolute Gasteiger partial charge is 0.481 e. The van der Waals surface area contributed by atoms with E-state index in [4.69, 9.17) is 0 Å². The van der Waals surface area contributed by atoms with Crippen molar-refractivity contribution >= 4 is 5.97 Å². The molecule has 0 spiro atoms. The number of rotatable bonds is 6. The topological polar surface area (TPSA) is 43.8 Å². The molecule has 0 aromatic heterocycles. The zero-order valence-corrected chi connectivity index (χ0v) is 11.4. The Labute approximate surface area is 105 Å². The summed E-state index contributed by atoms with van der Waals surface area (Å²) < 4.78 is 0. The van der Waals surface area contributed by atoms with Gasteiger partial charge in [0.15, 0.2) is 0 Å². The molecule has 1 N–H and O–H groups in total. The molecule has 1 saturated carbocycles. The number of likely N-dealkylation sites (N-methyl/N-ethyl adjacent to an activating group) is 2. The van der Waals surface area contributed by atoms with Gasteiger partial charge in [0, 0.05) is 19.6 Å². The lowest BCUT2D eigenvalue weighted by Gasteiger charge is -2.36. The molecular formula is C13H26N2O2. The Hall–Kier alpha value is -0.610. The molecular weight excluding hydrogens is 216 g/mol. The molecule has 0 saturated heterocycles. The fourth-order valence-electron chi connectivity index (χ4n) is 2.63. The number of hydrogen-bond donors (Lipinski definition) is 1. The van der Waals surface area contributed by atoms with Gasteiger partial charge in [0.25, 0.3) is 0 Å². The van der Waals surface area contributed by atoms with Crippen LogP contribution in [0.4, 0.5) is 0 Å². The van der Waals surface area contributed by atoms with Crippen LogP contribution in [-0.4, -0.2) is 61.7 Å². The fraction of sp³-hybridized carbons (Fsp3) is 0.923. The van der Waals surface area contributed by atoms with Crippen molar-refractivity contribution in [2.24, 2.45) is 5.41 Å². The number of aliphatic carboxylic acids is 1. The van der Waals surface area contributed by atoms with Crippen LogP contribution in [0.3, 0.4) is 0 Å². The molecule has 0 amide bonds. The van der Waals surface area contributed by atoms with Gasteiger partial charge >= 0.3 is 5.97 Å². The van der Waals surface area contributed by atoms with Gasteiger partial charge in [-0.1, -0.05) is 19.3 Å². The Morgan fingerprint density at radius 3 is 2.18 bits per heavy atom. The summed E-state index contributed by atoms with van der Waals surface area (Å²) in [7, 11) is 6.12. The Morgan fingerprint density at radius 2 is 1.71 bits per heavy atom. The second-order valence-corrected chi connectivity index (χ2v) is 5.69. The van der Waals surface area contributed by atoms with Crippen LogP contribution < -0.4 is 0 Å². The summed E-state index contributed by atoms with van der Waals surface area (Å²) in [5, 5.41) is 9.48. The van der Waals surface area contributed by atoms with E-state index in [-0.39, 0.29) is 0 Å². The molecule has 1 rings (SSSR count). The van der Waals surface area contributed by atoms with Crippen LogP contribution in [0.15, 0.2) is 0 Å². The lowest BCUT2D eigenvalue weighted by Crippen LogP contribution is -2.44. The van der Waals surface area contributed by atoms with Crippen LogP contribution in [0.25, 0.3) is 0 Å². The van der Waals surface area contributed by atoms with Crippen molar-refractivity contribution in [3.8, 4) is 0 Å². The van der Waals surface area contributed by atoms with Crippen LogP contribution in [0.1, 0.15) is 32.1 Å². The van der Waals surface area contributed by atoms with Gasteiger partial charge in [-0.15, -0.1) is 0 Å². The van der Waals surface area contributed by atoms with Gasteiger partial charge in [-0.05, 0) is 34.0 Å². The highest BCUT2D eigenvalue weighted by Gasteiger charge is 2.40. The van der Waals surface area contributed by atoms with Gasteiger partial charge in [-0.25, -0.2) is 0 Å². The van der Waals surface area contributed by atoms with Gasteiger partial charge < -0.3 is 14.9 Å². The Kier molecular flexibility index (Phi) is 5.40. The predicted octanol–water partition coefficient (Wildman–Crippen LogP) is 1.51. The number of nitrogens with zero attached hydrogens (tertiary/aromatic N) is 2. The molecule has 1 aliphatic carbocycles. The summed E-state index contributed by atoms with van der Waals surface area (Å²) >= 11 is 0. The van der Waals surface area contributed by atoms with E-state index >= 15 is 0 Å². The van der Waals surface area contributed by atoms with Crippen molar-refractivity contribution < 1.29 is 9.90 Å². The maximum Gasteiger partial charge on any atom is 0.310 e. The van der Waals surface area contributed by atoms with E-state index in [9.17, 15) is 9.90 Å². The van der Waals surface area contributed by atoms with E-state index in [1.165, 1.54) is 6.42 Å². The number of carbonyl (C=O) groups is 1. The molecule has 100 valence electrons. The van der Waals surface area contributed by atoms with E-state index < -0.39 is 11.4 Å². The van der Waals surface area contributed by atoms with Crippen molar-refractivity contribution in [3.63, 3.8) is 0 Å². The molecule has 0 aliphatic heterocycles. The van der Waals surface area contributed by atoms with E-state index in [0.29, 0.717) is 6.54 Å². The van der Waals surface area contributed by atoms with Crippen LogP contribution in [0.5, 0.6) is 0 Å². The van der Waals surface area contributed by atoms with Gasteiger partial charge in [0.2, 0.25) is 0 Å². The molecule has 0 aromatic rings. The minimum absolute atomic E-state index is 0.487. The van der Waals surface area contributed by atoms with E-state index in [1.54, 1.807) is 0 Å². The first-order valence-corrected chi connectivity index (χ1v) is 6.53. The summed E-state index contributed by atoms with van der Waals surface area (Å²) in [6.07, 6.45) is 5.00. The first-order chi connectivity index (χ1) is 7.96. The molecule has 0 radical (unpaired) electrons. The Balaban J connectivity index is 2.51. The van der Waals surface area contributed by atoms with Crippen molar-refractivity contribution in [2.45, 2.75) is 32.1 Å². The monoisotopic (exact) mass is 242 g/mol. The highest BCUT2D eigenvalue weighted by atomic mass is 16.4. The summed E-state index contributed by atoms with van der Waals surface area (Å²) in [5.41, 5.74) is -0.487. The third-order valence-electron chi connectivity index (χ3n) is 3.77. The van der Waals surface area contributed by atoms with Gasteiger partial charge in [0.1, 0.15) is 0 Å². The SMILES string of the molecule is CN(C)CCN(C)CC1(C(=O)O)CCCCC1. The third kappa shape index (κ3) is 4.28. The van der Waals surface area contributed by atoms with Crippen LogP contribution in [0.2, 0.25) is 0 Å². The number of carboxylic acids is 1. The maximum absolute atomic E-state index is 11.5. The molecule has 4 nitrogen and oxygen atoms in total. The second-order valence-electron chi connectivity index (χ2n) is 5.69. The quantitative estimate of drug-likeness (QED) is 0.767. The van der Waals surface area contributed by atoms with E-state index in [2.05, 4.69) is 9.80 Å². The van der Waals surface area contributed by atoms with Crippen molar-refractivity contribution in [3.05, 3.63) is 0 Å². The lowest BCUT2D eigenvalue weighted by molar-refractivity contribution is -0.152. The molecule has 0 unspecified atom stereocenters. The molecule has 17 heavy (non-hydrogen) atoms. The third-order valence-corrected chi connectivity index (χ3v) is 3.77. The van der Waals surface area contributed by atoms with Gasteiger partial charge in [0.05, 0.1) is 5.41 Å². The van der Waals surface area contributed by atoms with Gasteiger partial charge in [-0.3, -0.25) is 4.79 Å². The Bertz CT molecular complexity index is 248. The smallest absolute Gasteiger partial charge is 0.310 e. The van der Waals surface area contributed by atoms with Crippen LogP contribution in [0, 0.1) is 5.41 Å². The fourth-order valence-corrected chi connectivity index (χ4v) is 2.63. The van der Waals surface area contributed by atoms with E-state index in [1.807, 2.05) is 21.1 Å². The number of carboxylic acid groups (broad SMARTS) is 1. The first kappa shape index (κ1) is 14.5. The summed E-state index contributed by atoms with van der Waals surface area (Å²) in [6.45, 7) is 2.60. The molecule has 0 bridgehead atoms. The summed E-state index contributed by atoms with van der Waals surface area (Å²) in [4.78, 5) is 15.8. The lowest BCUT2D eigenvalue weighted by atomic mass is 9.73. The molecule has 0 heterocycles. The minimum Gasteiger partial charge on any atom is -0.481 e. The molecule has 0 aromatic carbocycles. The molecule has 1 aliphatic rings. The predicted molar refractivity (Wildman–Crippen MR) is 69.2 cm³/mol. The average Bonchev–Trinajstić information content (AvgIpc) is 2.27. The average molecular weight is 242 g/mol. The standard InChI is InChI=1S/C13H26N2O2/c1-14(2)9-10-15(3)11-13(12(16)17)7-5-4-6-8-13/h4-11H2,1-3H3,(H,16,17). The number of hydrogen-bond acceptors (Lipinski definition) is 3. The molecule has 4 heteroatoms. The zero-order valence-electron chi connectivity index (χ0n) is 11.4. The van der Waals surface area contributed by atoms with Crippen LogP contribution >= 0.6 is 0 Å². The highest BCUT2D eigenvalue weighted by molar-refractivity contribution is 5.75. The summed E-state index contributed by atoms with van der Waals surface area (Å²) in [6, 6.07) is 0. The van der Waals surface area contributed by atoms with Crippen molar-refractivity contribution in [1.29, 1.82) is 0 Å². The first-order valence-electron chi connectivity index (χ1n) is 6.53. The minimum atomic E-state index is -0.603. The second kappa shape index (κ2) is 6.36. The molecule has 0 atom stereocenters. The van der Waals surface area contributed by atoms with Crippen molar-refractivity contribution in [2.75, 3.05) is 40.8 Å².